The highest BCUT2D eigenvalue weighted by Gasteiger charge is 2.30. The van der Waals surface area contributed by atoms with Crippen molar-refractivity contribution in [3.05, 3.63) is 55.5 Å². The van der Waals surface area contributed by atoms with Crippen LogP contribution in [-0.4, -0.2) is 15.8 Å². The molecule has 9 heteroatoms. The summed E-state index contributed by atoms with van der Waals surface area (Å²) in [6.07, 6.45) is 2.96. The molecule has 1 unspecified atom stereocenters. The zero-order valence-electron chi connectivity index (χ0n) is 17.5. The van der Waals surface area contributed by atoms with Crippen LogP contribution < -0.4 is 11.1 Å². The molecular weight excluding hydrogens is 436 g/mol. The molecule has 0 saturated heterocycles. The van der Waals surface area contributed by atoms with Crippen LogP contribution in [0.1, 0.15) is 48.1 Å². The van der Waals surface area contributed by atoms with Gasteiger partial charge in [-0.05, 0) is 54.4 Å². The van der Waals surface area contributed by atoms with Crippen molar-refractivity contribution >= 4 is 56.1 Å². The summed E-state index contributed by atoms with van der Waals surface area (Å²) in [5, 5.41) is 14.6. The number of nitrogens with one attached hydrogen (secondary N) is 1. The lowest BCUT2D eigenvalue weighted by Crippen LogP contribution is -2.27. The van der Waals surface area contributed by atoms with Crippen molar-refractivity contribution < 1.29 is 9.72 Å². The number of hydrogen-bond acceptors (Lipinski definition) is 6. The Morgan fingerprint density at radius 1 is 1.35 bits per heavy atom. The number of carbonyl (C=O) groups excluding carboxylic acids is 1. The number of aryl methyl sites for hydroxylation is 1. The van der Waals surface area contributed by atoms with Crippen LogP contribution in [-0.2, 0) is 12.8 Å². The van der Waals surface area contributed by atoms with E-state index >= 15 is 0 Å². The lowest BCUT2D eigenvalue weighted by molar-refractivity contribution is -0.384. The molecule has 4 rings (SSSR count). The molecule has 1 aromatic carbocycles. The molecule has 1 aliphatic carbocycles. The SMILES string of the molecule is CC(C)(C)C1CCc2nc3sc(C(=O)Nc4ccc(Cl)c([N+](=O)[O-])c4)c(N)c3cc2C1. The fraction of sp³-hybridized carbons (Fsp3) is 0.364. The van der Waals surface area contributed by atoms with Gasteiger partial charge in [0, 0.05) is 22.8 Å². The zero-order valence-corrected chi connectivity index (χ0v) is 19.1. The molecule has 0 fully saturated rings. The van der Waals surface area contributed by atoms with E-state index in [1.54, 1.807) is 0 Å². The second-order valence-corrected chi connectivity index (χ2v) is 10.4. The highest BCUT2D eigenvalue weighted by atomic mass is 35.5. The van der Waals surface area contributed by atoms with Gasteiger partial charge < -0.3 is 11.1 Å². The third kappa shape index (κ3) is 4.09. The number of nitro groups is 1. The standard InChI is InChI=1S/C22H23ClN4O3S/c1-22(2,3)12-4-7-16-11(8-12)9-14-18(24)19(31-21(14)26-16)20(28)25-13-5-6-15(23)17(10-13)27(29)30/h5-6,9-10,12H,4,7-8,24H2,1-3H3,(H,25,28). The number of amides is 1. The molecule has 0 saturated carbocycles. The monoisotopic (exact) mass is 458 g/mol. The van der Waals surface area contributed by atoms with E-state index in [-0.39, 0.29) is 21.8 Å². The first-order valence-corrected chi connectivity index (χ1v) is 11.2. The van der Waals surface area contributed by atoms with Crippen molar-refractivity contribution in [3.63, 3.8) is 0 Å². The quantitative estimate of drug-likeness (QED) is 0.378. The second kappa shape index (κ2) is 7.76. The van der Waals surface area contributed by atoms with Crippen LogP contribution in [0.15, 0.2) is 24.3 Å². The molecule has 2 heterocycles. The van der Waals surface area contributed by atoms with Gasteiger partial charge in [0.1, 0.15) is 14.7 Å². The van der Waals surface area contributed by atoms with Crippen LogP contribution in [0.2, 0.25) is 5.02 Å². The van der Waals surface area contributed by atoms with Crippen molar-refractivity contribution in [2.24, 2.45) is 11.3 Å². The summed E-state index contributed by atoms with van der Waals surface area (Å²) in [7, 11) is 0. The van der Waals surface area contributed by atoms with Gasteiger partial charge in [0.2, 0.25) is 0 Å². The van der Waals surface area contributed by atoms with Gasteiger partial charge in [0.25, 0.3) is 11.6 Å². The number of halogens is 1. The summed E-state index contributed by atoms with van der Waals surface area (Å²) in [6, 6.07) is 6.20. The molecule has 0 radical (unpaired) electrons. The predicted molar refractivity (Wildman–Crippen MR) is 125 cm³/mol. The van der Waals surface area contributed by atoms with E-state index < -0.39 is 10.8 Å². The fourth-order valence-electron chi connectivity index (χ4n) is 4.02. The lowest BCUT2D eigenvalue weighted by atomic mass is 9.71. The number of nitrogen functional groups attached to an aromatic ring is 1. The van der Waals surface area contributed by atoms with Gasteiger partial charge in [-0.2, -0.15) is 0 Å². The summed E-state index contributed by atoms with van der Waals surface area (Å²) in [4.78, 5) is 29.2. The normalized spacial score (nSPS) is 16.2. The minimum atomic E-state index is -0.592. The van der Waals surface area contributed by atoms with Gasteiger partial charge in [-0.25, -0.2) is 4.98 Å². The topological polar surface area (TPSA) is 111 Å². The number of hydrogen-bond donors (Lipinski definition) is 2. The maximum Gasteiger partial charge on any atom is 0.289 e. The maximum atomic E-state index is 12.9. The van der Waals surface area contributed by atoms with E-state index in [9.17, 15) is 14.9 Å². The molecule has 1 amide bonds. The first-order valence-electron chi connectivity index (χ1n) is 10.0. The number of carbonyl (C=O) groups is 1. The number of thiophene rings is 1. The number of rotatable bonds is 3. The van der Waals surface area contributed by atoms with Crippen LogP contribution in [0.25, 0.3) is 10.2 Å². The number of anilines is 2. The number of benzene rings is 1. The van der Waals surface area contributed by atoms with Gasteiger partial charge >= 0.3 is 0 Å². The Morgan fingerprint density at radius 3 is 2.77 bits per heavy atom. The average Bonchev–Trinajstić information content (AvgIpc) is 3.02. The molecular formula is C22H23ClN4O3S. The van der Waals surface area contributed by atoms with Crippen LogP contribution in [0.5, 0.6) is 0 Å². The van der Waals surface area contributed by atoms with Crippen molar-refractivity contribution in [2.75, 3.05) is 11.1 Å². The molecule has 1 atom stereocenters. The summed E-state index contributed by atoms with van der Waals surface area (Å²) < 4.78 is 0. The first-order chi connectivity index (χ1) is 14.5. The van der Waals surface area contributed by atoms with Crippen molar-refractivity contribution in [3.8, 4) is 0 Å². The maximum absolute atomic E-state index is 12.9. The van der Waals surface area contributed by atoms with Crippen molar-refractivity contribution in [1.82, 2.24) is 4.98 Å². The Bertz CT molecular complexity index is 1220. The number of fused-ring (bicyclic) bond motifs is 2. The van der Waals surface area contributed by atoms with Gasteiger partial charge in [-0.1, -0.05) is 32.4 Å². The molecule has 162 valence electrons. The van der Waals surface area contributed by atoms with E-state index in [0.29, 0.717) is 16.5 Å². The van der Waals surface area contributed by atoms with Gasteiger partial charge in [0.15, 0.2) is 0 Å². The smallest absolute Gasteiger partial charge is 0.289 e. The van der Waals surface area contributed by atoms with E-state index in [2.05, 4.69) is 32.2 Å². The number of nitrogens with zero attached hydrogens (tertiary/aromatic N) is 2. The third-order valence-corrected chi connectivity index (χ3v) is 7.35. The minimum Gasteiger partial charge on any atom is -0.397 e. The van der Waals surface area contributed by atoms with Crippen LogP contribution >= 0.6 is 22.9 Å². The van der Waals surface area contributed by atoms with E-state index in [0.717, 1.165) is 35.2 Å². The molecule has 1 aliphatic rings. The lowest BCUT2D eigenvalue weighted by Gasteiger charge is -2.34. The zero-order chi connectivity index (χ0) is 22.5. The Hall–Kier alpha value is -2.71. The van der Waals surface area contributed by atoms with Crippen LogP contribution in [0.3, 0.4) is 0 Å². The van der Waals surface area contributed by atoms with E-state index in [1.165, 1.54) is 35.1 Å². The molecule has 0 aliphatic heterocycles. The Morgan fingerprint density at radius 2 is 2.10 bits per heavy atom. The van der Waals surface area contributed by atoms with Gasteiger partial charge in [0.05, 0.1) is 10.6 Å². The van der Waals surface area contributed by atoms with Crippen LogP contribution in [0.4, 0.5) is 17.1 Å². The average molecular weight is 459 g/mol. The van der Waals surface area contributed by atoms with E-state index in [1.807, 2.05) is 0 Å². The summed E-state index contributed by atoms with van der Waals surface area (Å²) in [5.74, 6) is 0.144. The number of aromatic nitrogens is 1. The van der Waals surface area contributed by atoms with Crippen molar-refractivity contribution in [2.45, 2.75) is 40.0 Å². The Balaban J connectivity index is 1.65. The largest absolute Gasteiger partial charge is 0.397 e. The highest BCUT2D eigenvalue weighted by Crippen LogP contribution is 2.40. The fourth-order valence-corrected chi connectivity index (χ4v) is 5.19. The Kier molecular flexibility index (Phi) is 5.39. The molecule has 0 spiro atoms. The summed E-state index contributed by atoms with van der Waals surface area (Å²) in [6.45, 7) is 6.78. The van der Waals surface area contributed by atoms with E-state index in [4.69, 9.17) is 22.3 Å². The third-order valence-electron chi connectivity index (χ3n) is 5.92. The summed E-state index contributed by atoms with van der Waals surface area (Å²) >= 11 is 7.08. The molecule has 0 bridgehead atoms. The first kappa shape index (κ1) is 21.5. The predicted octanol–water partition coefficient (Wildman–Crippen LogP) is 5.84. The molecule has 2 aromatic heterocycles. The molecule has 3 N–H and O–H groups in total. The van der Waals surface area contributed by atoms with Gasteiger partial charge in [-0.3, -0.25) is 14.9 Å². The molecule has 7 nitrogen and oxygen atoms in total. The minimum absolute atomic E-state index is 0.00714. The number of pyridine rings is 1. The number of nitrogens with two attached hydrogens (primary N) is 1. The number of nitro benzene ring substituents is 1. The van der Waals surface area contributed by atoms with Crippen molar-refractivity contribution in [1.29, 1.82) is 0 Å². The second-order valence-electron chi connectivity index (χ2n) is 8.97. The highest BCUT2D eigenvalue weighted by molar-refractivity contribution is 7.21. The van der Waals surface area contributed by atoms with Crippen LogP contribution in [0, 0.1) is 21.4 Å². The Labute approximate surface area is 188 Å². The molecule has 3 aromatic rings. The summed E-state index contributed by atoms with van der Waals surface area (Å²) in [5.41, 5.74) is 9.21. The molecule has 31 heavy (non-hydrogen) atoms. The van der Waals surface area contributed by atoms with Gasteiger partial charge in [-0.15, -0.1) is 11.3 Å².